The molecule has 0 fully saturated rings. The van der Waals surface area contributed by atoms with Gasteiger partial charge in [0.25, 0.3) is 0 Å². The smallest absolute Gasteiger partial charge is 0.357 e. The number of esters is 3. The van der Waals surface area contributed by atoms with Crippen molar-refractivity contribution in [1.29, 1.82) is 0 Å². The summed E-state index contributed by atoms with van der Waals surface area (Å²) >= 11 is 6.10. The van der Waals surface area contributed by atoms with Crippen molar-refractivity contribution in [3.05, 3.63) is 101 Å². The van der Waals surface area contributed by atoms with E-state index >= 15 is 0 Å². The van der Waals surface area contributed by atoms with Crippen LogP contribution in [0, 0.1) is 0 Å². The maximum absolute atomic E-state index is 12.8. The molecular weight excluding hydrogens is 472 g/mol. The molecule has 0 unspecified atom stereocenters. The van der Waals surface area contributed by atoms with E-state index in [9.17, 15) is 14.4 Å². The van der Waals surface area contributed by atoms with Gasteiger partial charge in [-0.05, 0) is 36.4 Å². The van der Waals surface area contributed by atoms with Crippen LogP contribution in [0.5, 0.6) is 5.75 Å². The molecular formula is C26H19ClN2O6. The number of aromatic nitrogens is 2. The van der Waals surface area contributed by atoms with Gasteiger partial charge in [-0.2, -0.15) is 5.10 Å². The molecule has 9 heteroatoms. The number of ether oxygens (including phenoxy) is 3. The van der Waals surface area contributed by atoms with Crippen molar-refractivity contribution in [2.24, 2.45) is 0 Å². The Balaban J connectivity index is 1.83. The average Bonchev–Trinajstić information content (AvgIpc) is 3.29. The number of nitrogens with zero attached hydrogens (tertiary/aromatic N) is 2. The summed E-state index contributed by atoms with van der Waals surface area (Å²) in [5.74, 6) is -2.00. The van der Waals surface area contributed by atoms with Crippen molar-refractivity contribution in [2.45, 2.75) is 0 Å². The number of halogens is 1. The molecule has 176 valence electrons. The molecule has 0 aliphatic carbocycles. The molecule has 0 saturated heterocycles. The van der Waals surface area contributed by atoms with E-state index in [0.29, 0.717) is 11.3 Å². The van der Waals surface area contributed by atoms with Gasteiger partial charge in [0.2, 0.25) is 0 Å². The second-order valence-electron chi connectivity index (χ2n) is 7.20. The molecule has 0 atom stereocenters. The second kappa shape index (κ2) is 10.2. The summed E-state index contributed by atoms with van der Waals surface area (Å²) in [5, 5.41) is 4.79. The first-order valence-electron chi connectivity index (χ1n) is 10.4. The largest absolute Gasteiger partial charge is 0.465 e. The number of para-hydroxylation sites is 1. The highest BCUT2D eigenvalue weighted by Gasteiger charge is 2.31. The Hall–Kier alpha value is -4.43. The first-order valence-corrected chi connectivity index (χ1v) is 10.7. The number of rotatable bonds is 6. The summed E-state index contributed by atoms with van der Waals surface area (Å²) in [6, 6.07) is 21.7. The van der Waals surface area contributed by atoms with Gasteiger partial charge in [0, 0.05) is 5.56 Å². The molecule has 0 spiro atoms. The van der Waals surface area contributed by atoms with Gasteiger partial charge < -0.3 is 14.2 Å². The predicted octanol–water partition coefficient (Wildman–Crippen LogP) is 4.99. The lowest BCUT2D eigenvalue weighted by Gasteiger charge is -2.08. The number of carbonyl (C=O) groups is 3. The Bertz CT molecular complexity index is 1410. The molecule has 0 bridgehead atoms. The van der Waals surface area contributed by atoms with Gasteiger partial charge in [0.05, 0.1) is 30.5 Å². The predicted molar refractivity (Wildman–Crippen MR) is 128 cm³/mol. The monoisotopic (exact) mass is 490 g/mol. The molecule has 8 nitrogen and oxygen atoms in total. The van der Waals surface area contributed by atoms with E-state index in [-0.39, 0.29) is 33.3 Å². The number of carbonyl (C=O) groups excluding carboxylic acids is 3. The van der Waals surface area contributed by atoms with Gasteiger partial charge in [-0.25, -0.2) is 19.1 Å². The minimum Gasteiger partial charge on any atom is -0.465 e. The molecule has 0 N–H and O–H groups in total. The van der Waals surface area contributed by atoms with Crippen molar-refractivity contribution in [1.82, 2.24) is 9.78 Å². The molecule has 1 heterocycles. The lowest BCUT2D eigenvalue weighted by Crippen LogP contribution is -2.15. The maximum Gasteiger partial charge on any atom is 0.357 e. The number of hydrogen-bond acceptors (Lipinski definition) is 7. The van der Waals surface area contributed by atoms with Crippen molar-refractivity contribution in [2.75, 3.05) is 14.2 Å². The van der Waals surface area contributed by atoms with E-state index in [1.165, 1.54) is 25.0 Å². The molecule has 3 aromatic carbocycles. The quantitative estimate of drug-likeness (QED) is 0.277. The van der Waals surface area contributed by atoms with Gasteiger partial charge >= 0.3 is 17.9 Å². The van der Waals surface area contributed by atoms with E-state index < -0.39 is 17.9 Å². The fourth-order valence-corrected chi connectivity index (χ4v) is 3.67. The molecule has 1 aromatic heterocycles. The number of methoxy groups -OCH3 is 2. The summed E-state index contributed by atoms with van der Waals surface area (Å²) in [5.41, 5.74) is 1.12. The van der Waals surface area contributed by atoms with Gasteiger partial charge in [0.1, 0.15) is 17.0 Å². The fraction of sp³-hybridized carbons (Fsp3) is 0.0769. The Morgan fingerprint density at radius 3 is 2.17 bits per heavy atom. The summed E-state index contributed by atoms with van der Waals surface area (Å²) in [6.07, 6.45) is 0. The first kappa shape index (κ1) is 23.7. The minimum atomic E-state index is -0.777. The third-order valence-electron chi connectivity index (χ3n) is 5.07. The zero-order valence-electron chi connectivity index (χ0n) is 18.7. The van der Waals surface area contributed by atoms with Crippen LogP contribution in [0.2, 0.25) is 5.02 Å². The van der Waals surface area contributed by atoms with E-state index in [0.717, 1.165) is 0 Å². The van der Waals surface area contributed by atoms with Gasteiger partial charge in [0.15, 0.2) is 5.69 Å². The third-order valence-corrected chi connectivity index (χ3v) is 5.40. The minimum absolute atomic E-state index is 0.0854. The van der Waals surface area contributed by atoms with Crippen LogP contribution >= 0.6 is 11.6 Å². The highest BCUT2D eigenvalue weighted by molar-refractivity contribution is 6.33. The van der Waals surface area contributed by atoms with E-state index in [1.54, 1.807) is 66.7 Å². The van der Waals surface area contributed by atoms with Crippen LogP contribution in [0.3, 0.4) is 0 Å². The molecule has 35 heavy (non-hydrogen) atoms. The van der Waals surface area contributed by atoms with E-state index in [4.69, 9.17) is 25.8 Å². The van der Waals surface area contributed by atoms with Crippen LogP contribution in [0.1, 0.15) is 31.2 Å². The SMILES string of the molecule is COC(=O)c1c(-c2cccc(OC(=O)c3ccccc3Cl)c2)nn(-c2ccccc2)c1C(=O)OC. The summed E-state index contributed by atoms with van der Waals surface area (Å²) in [6.45, 7) is 0. The Kier molecular flexibility index (Phi) is 6.93. The van der Waals surface area contributed by atoms with Gasteiger partial charge in [-0.3, -0.25) is 0 Å². The van der Waals surface area contributed by atoms with Gasteiger partial charge in [-0.15, -0.1) is 0 Å². The zero-order valence-corrected chi connectivity index (χ0v) is 19.5. The highest BCUT2D eigenvalue weighted by atomic mass is 35.5. The first-order chi connectivity index (χ1) is 16.9. The van der Waals surface area contributed by atoms with Crippen LogP contribution in [0.15, 0.2) is 78.9 Å². The second-order valence-corrected chi connectivity index (χ2v) is 7.61. The van der Waals surface area contributed by atoms with Crippen LogP contribution in [0.4, 0.5) is 0 Å². The van der Waals surface area contributed by atoms with Crippen LogP contribution in [0.25, 0.3) is 16.9 Å². The standard InChI is InChI=1S/C26H19ClN2O6/c1-33-25(31)21-22(28-29(23(21)26(32)34-2)17-10-4-3-5-11-17)16-9-8-12-18(15-16)35-24(30)19-13-6-7-14-20(19)27/h3-15H,1-2H3. The van der Waals surface area contributed by atoms with Crippen molar-refractivity contribution in [3.8, 4) is 22.7 Å². The normalized spacial score (nSPS) is 10.5. The molecule has 0 aliphatic rings. The summed E-state index contributed by atoms with van der Waals surface area (Å²) in [4.78, 5) is 38.1. The van der Waals surface area contributed by atoms with Crippen molar-refractivity contribution < 1.29 is 28.6 Å². The average molecular weight is 491 g/mol. The zero-order chi connectivity index (χ0) is 24.9. The van der Waals surface area contributed by atoms with Gasteiger partial charge in [-0.1, -0.05) is 54.1 Å². The topological polar surface area (TPSA) is 96.7 Å². The van der Waals surface area contributed by atoms with E-state index in [1.807, 2.05) is 6.07 Å². The molecule has 0 saturated carbocycles. The van der Waals surface area contributed by atoms with Crippen molar-refractivity contribution >= 4 is 29.5 Å². The van der Waals surface area contributed by atoms with Crippen LogP contribution in [-0.2, 0) is 9.47 Å². The Labute approximate surface area is 205 Å². The molecule has 0 radical (unpaired) electrons. The lowest BCUT2D eigenvalue weighted by molar-refractivity contribution is 0.0549. The number of hydrogen-bond donors (Lipinski definition) is 0. The summed E-state index contributed by atoms with van der Waals surface area (Å²) < 4.78 is 16.7. The van der Waals surface area contributed by atoms with E-state index in [2.05, 4.69) is 5.10 Å². The fourth-order valence-electron chi connectivity index (χ4n) is 3.45. The number of benzene rings is 3. The maximum atomic E-state index is 12.8. The third kappa shape index (κ3) is 4.78. The summed E-state index contributed by atoms with van der Waals surface area (Å²) in [7, 11) is 2.41. The molecule has 0 aliphatic heterocycles. The Morgan fingerprint density at radius 1 is 0.800 bits per heavy atom. The van der Waals surface area contributed by atoms with Crippen molar-refractivity contribution in [3.63, 3.8) is 0 Å². The van der Waals surface area contributed by atoms with Crippen LogP contribution < -0.4 is 4.74 Å². The Morgan fingerprint density at radius 2 is 1.49 bits per heavy atom. The molecule has 4 rings (SSSR count). The highest BCUT2D eigenvalue weighted by Crippen LogP contribution is 2.31. The molecule has 0 amide bonds. The van der Waals surface area contributed by atoms with Crippen LogP contribution in [-0.4, -0.2) is 41.9 Å². The lowest BCUT2D eigenvalue weighted by atomic mass is 10.1. The molecule has 4 aromatic rings.